The van der Waals surface area contributed by atoms with E-state index in [0.717, 1.165) is 14.9 Å². The Morgan fingerprint density at radius 1 is 1.15 bits per heavy atom. The number of nitrogens with zero attached hydrogens (tertiary/aromatic N) is 1. The number of urea groups is 1. The molecule has 1 saturated heterocycles. The Hall–Kier alpha value is -3.13. The van der Waals surface area contributed by atoms with E-state index in [1.165, 1.54) is 25.3 Å². The topological polar surface area (TPSA) is 95.9 Å². The molecule has 4 amide bonds. The minimum atomic E-state index is -0.831. The second kappa shape index (κ2) is 7.24. The zero-order valence-corrected chi connectivity index (χ0v) is 16.0. The van der Waals surface area contributed by atoms with Crippen LogP contribution in [0.25, 0.3) is 6.08 Å². The van der Waals surface area contributed by atoms with Crippen molar-refractivity contribution in [2.24, 2.45) is 0 Å². The van der Waals surface area contributed by atoms with Crippen molar-refractivity contribution < 1.29 is 24.2 Å². The zero-order chi connectivity index (χ0) is 19.7. The summed E-state index contributed by atoms with van der Waals surface area (Å²) < 4.78 is 5.83. The van der Waals surface area contributed by atoms with Crippen LogP contribution in [0.15, 0.2) is 46.4 Å². The van der Waals surface area contributed by atoms with Crippen LogP contribution in [-0.2, 0) is 9.59 Å². The Morgan fingerprint density at radius 2 is 1.89 bits per heavy atom. The predicted molar refractivity (Wildman–Crippen MR) is 103 cm³/mol. The average Bonchev–Trinajstić information content (AvgIpc) is 2.62. The third kappa shape index (κ3) is 3.56. The Balaban J connectivity index is 2.03. The van der Waals surface area contributed by atoms with Crippen molar-refractivity contribution in [1.82, 2.24) is 5.32 Å². The van der Waals surface area contributed by atoms with E-state index in [1.807, 2.05) is 6.92 Å². The van der Waals surface area contributed by atoms with Gasteiger partial charge in [-0.25, -0.2) is 9.69 Å². The molecule has 0 unspecified atom stereocenters. The molecule has 0 radical (unpaired) electrons. The first kappa shape index (κ1) is 18.7. The third-order valence-corrected chi connectivity index (χ3v) is 4.93. The van der Waals surface area contributed by atoms with Crippen molar-refractivity contribution in [2.45, 2.75) is 6.92 Å². The maximum Gasteiger partial charge on any atom is 0.335 e. The fourth-order valence-corrected chi connectivity index (χ4v) is 2.83. The smallest absolute Gasteiger partial charge is 0.335 e. The van der Waals surface area contributed by atoms with Gasteiger partial charge >= 0.3 is 6.03 Å². The Labute approximate surface area is 163 Å². The van der Waals surface area contributed by atoms with Crippen LogP contribution in [0.2, 0.25) is 0 Å². The normalized spacial score (nSPS) is 15.9. The van der Waals surface area contributed by atoms with Gasteiger partial charge in [0.25, 0.3) is 11.8 Å². The third-order valence-electron chi connectivity index (χ3n) is 4.04. The molecular formula is C19H15BrN2O5. The van der Waals surface area contributed by atoms with Gasteiger partial charge in [0.15, 0.2) is 0 Å². The quantitative estimate of drug-likeness (QED) is 0.575. The van der Waals surface area contributed by atoms with Gasteiger partial charge < -0.3 is 9.84 Å². The Bertz CT molecular complexity index is 1000. The van der Waals surface area contributed by atoms with Crippen LogP contribution in [0.3, 0.4) is 0 Å². The lowest BCUT2D eigenvalue weighted by atomic mass is 10.1. The number of ether oxygens (including phenoxy) is 1. The molecule has 2 aromatic carbocycles. The summed E-state index contributed by atoms with van der Waals surface area (Å²) in [6.07, 6.45) is 1.23. The van der Waals surface area contributed by atoms with Gasteiger partial charge in [-0.15, -0.1) is 0 Å². The SMILES string of the molecule is COc1ccc(/C=C2/C(=O)NC(=O)N(c3ccc(Br)c(C)c3)C2=O)c(O)c1. The number of hydrogen-bond donors (Lipinski definition) is 2. The molecule has 0 aliphatic carbocycles. The first-order valence-corrected chi connectivity index (χ1v) is 8.65. The maximum absolute atomic E-state index is 12.8. The lowest BCUT2D eigenvalue weighted by Crippen LogP contribution is -2.54. The molecule has 0 spiro atoms. The molecule has 1 aliphatic heterocycles. The number of amides is 4. The van der Waals surface area contributed by atoms with Gasteiger partial charge in [0.05, 0.1) is 12.8 Å². The molecule has 2 aromatic rings. The molecule has 0 aromatic heterocycles. The predicted octanol–water partition coefficient (Wildman–Crippen LogP) is 3.14. The fraction of sp³-hybridized carbons (Fsp3) is 0.105. The number of nitrogens with one attached hydrogen (secondary N) is 1. The summed E-state index contributed by atoms with van der Waals surface area (Å²) in [7, 11) is 1.45. The molecule has 27 heavy (non-hydrogen) atoms. The lowest BCUT2D eigenvalue weighted by molar-refractivity contribution is -0.122. The molecular weight excluding hydrogens is 416 g/mol. The fourth-order valence-electron chi connectivity index (χ4n) is 2.59. The monoisotopic (exact) mass is 430 g/mol. The molecule has 1 aliphatic rings. The summed E-state index contributed by atoms with van der Waals surface area (Å²) in [4.78, 5) is 38.1. The minimum Gasteiger partial charge on any atom is -0.507 e. The highest BCUT2D eigenvalue weighted by Crippen LogP contribution is 2.29. The summed E-state index contributed by atoms with van der Waals surface area (Å²) in [5, 5.41) is 12.2. The van der Waals surface area contributed by atoms with E-state index in [0.29, 0.717) is 11.4 Å². The first-order chi connectivity index (χ1) is 12.8. The van der Waals surface area contributed by atoms with Crippen molar-refractivity contribution in [3.63, 3.8) is 0 Å². The van der Waals surface area contributed by atoms with Crippen molar-refractivity contribution in [2.75, 3.05) is 12.0 Å². The number of carbonyl (C=O) groups excluding carboxylic acids is 3. The summed E-state index contributed by atoms with van der Waals surface area (Å²) in [5.74, 6) is -1.34. The summed E-state index contributed by atoms with van der Waals surface area (Å²) in [6.45, 7) is 1.82. The number of barbiturate groups is 1. The van der Waals surface area contributed by atoms with Gasteiger partial charge in [-0.05, 0) is 48.9 Å². The van der Waals surface area contributed by atoms with Crippen LogP contribution in [0.1, 0.15) is 11.1 Å². The van der Waals surface area contributed by atoms with E-state index in [1.54, 1.807) is 24.3 Å². The average molecular weight is 431 g/mol. The Kier molecular flexibility index (Phi) is 5.00. The van der Waals surface area contributed by atoms with Gasteiger partial charge in [-0.1, -0.05) is 15.9 Å². The van der Waals surface area contributed by atoms with Gasteiger partial charge in [0.1, 0.15) is 17.1 Å². The molecule has 138 valence electrons. The number of aromatic hydroxyl groups is 1. The summed E-state index contributed by atoms with van der Waals surface area (Å²) >= 11 is 3.36. The van der Waals surface area contributed by atoms with E-state index in [-0.39, 0.29) is 16.9 Å². The van der Waals surface area contributed by atoms with Gasteiger partial charge in [0, 0.05) is 16.1 Å². The van der Waals surface area contributed by atoms with E-state index >= 15 is 0 Å². The molecule has 0 atom stereocenters. The van der Waals surface area contributed by atoms with E-state index in [9.17, 15) is 19.5 Å². The highest BCUT2D eigenvalue weighted by atomic mass is 79.9. The molecule has 7 nitrogen and oxygen atoms in total. The molecule has 3 rings (SSSR count). The molecule has 0 bridgehead atoms. The van der Waals surface area contributed by atoms with Crippen LogP contribution < -0.4 is 15.0 Å². The largest absolute Gasteiger partial charge is 0.507 e. The number of phenolic OH excluding ortho intramolecular Hbond substituents is 1. The number of methoxy groups -OCH3 is 1. The zero-order valence-electron chi connectivity index (χ0n) is 14.4. The van der Waals surface area contributed by atoms with E-state index in [2.05, 4.69) is 21.2 Å². The van der Waals surface area contributed by atoms with Gasteiger partial charge in [-0.3, -0.25) is 14.9 Å². The minimum absolute atomic E-state index is 0.162. The number of anilines is 1. The number of benzene rings is 2. The van der Waals surface area contributed by atoms with Crippen molar-refractivity contribution in [3.05, 3.63) is 57.6 Å². The van der Waals surface area contributed by atoms with E-state index in [4.69, 9.17) is 4.74 Å². The van der Waals surface area contributed by atoms with Crippen LogP contribution in [0, 0.1) is 6.92 Å². The van der Waals surface area contributed by atoms with E-state index < -0.39 is 17.8 Å². The van der Waals surface area contributed by atoms with Crippen LogP contribution in [0.5, 0.6) is 11.5 Å². The number of aryl methyl sites for hydroxylation is 1. The molecule has 1 fully saturated rings. The van der Waals surface area contributed by atoms with Crippen LogP contribution in [-0.4, -0.2) is 30.1 Å². The number of rotatable bonds is 3. The summed E-state index contributed by atoms with van der Waals surface area (Å²) in [5.41, 5.74) is 1.13. The second-order valence-electron chi connectivity index (χ2n) is 5.82. The maximum atomic E-state index is 12.8. The number of halogens is 1. The lowest BCUT2D eigenvalue weighted by Gasteiger charge is -2.26. The Morgan fingerprint density at radius 3 is 2.52 bits per heavy atom. The number of carbonyl (C=O) groups is 3. The van der Waals surface area contributed by atoms with Crippen LogP contribution >= 0.6 is 15.9 Å². The number of imide groups is 2. The number of hydrogen-bond acceptors (Lipinski definition) is 5. The van der Waals surface area contributed by atoms with Gasteiger partial charge in [-0.2, -0.15) is 0 Å². The first-order valence-electron chi connectivity index (χ1n) is 7.86. The molecule has 2 N–H and O–H groups in total. The summed E-state index contributed by atoms with van der Waals surface area (Å²) in [6, 6.07) is 8.57. The number of phenols is 1. The molecule has 1 heterocycles. The van der Waals surface area contributed by atoms with Crippen molar-refractivity contribution in [1.29, 1.82) is 0 Å². The second-order valence-corrected chi connectivity index (χ2v) is 6.67. The standard InChI is InChI=1S/C19H15BrN2O5/c1-10-7-12(4-6-15(10)20)22-18(25)14(17(24)21-19(22)26)8-11-3-5-13(27-2)9-16(11)23/h3-9,23H,1-2H3,(H,21,24,26)/b14-8-. The van der Waals surface area contributed by atoms with Crippen LogP contribution in [0.4, 0.5) is 10.5 Å². The molecule has 0 saturated carbocycles. The van der Waals surface area contributed by atoms with Crippen molar-refractivity contribution >= 4 is 45.5 Å². The van der Waals surface area contributed by atoms with Gasteiger partial charge in [0.2, 0.25) is 0 Å². The highest BCUT2D eigenvalue weighted by Gasteiger charge is 2.37. The highest BCUT2D eigenvalue weighted by molar-refractivity contribution is 9.10. The van der Waals surface area contributed by atoms with Crippen molar-refractivity contribution in [3.8, 4) is 11.5 Å². The molecule has 8 heteroatoms.